The standard InChI is InChI=1S/C79H154O17P2/c1-6-10-13-16-19-21-23-25-27-29-30-31-32-33-35-37-39-41-43-49-54-59-64-78(83)95-75(69-90-77(82)63-58-53-48-42-40-38-36-34-28-26-24-22-20-17-14-11-7-2)71-94-98(87,88)92-67-73(80)66-91-97(85,86)93-70-74(68-89-76(81)62-57-52-46-18-15-12-8-3)96-79(84)65-60-55-50-45-44-47-51-56-61-72(5)9-4/h72-75,80H,6-71H2,1-5H3,(H,85,86)(H,87,88)/t72?,73-,74+,75+/m0/s1. The molecule has 0 spiro atoms. The Balaban J connectivity index is 5.16. The van der Waals surface area contributed by atoms with Gasteiger partial charge < -0.3 is 33.8 Å². The highest BCUT2D eigenvalue weighted by Crippen LogP contribution is 2.45. The molecule has 0 aromatic heterocycles. The van der Waals surface area contributed by atoms with Gasteiger partial charge in [0.05, 0.1) is 26.4 Å². The van der Waals surface area contributed by atoms with Gasteiger partial charge in [0.1, 0.15) is 19.3 Å². The zero-order valence-electron chi connectivity index (χ0n) is 63.9. The maximum absolute atomic E-state index is 13.1. The van der Waals surface area contributed by atoms with Crippen LogP contribution in [0.15, 0.2) is 0 Å². The maximum Gasteiger partial charge on any atom is 0.472 e. The summed E-state index contributed by atoms with van der Waals surface area (Å²) in [5, 5.41) is 10.6. The van der Waals surface area contributed by atoms with E-state index in [9.17, 15) is 43.2 Å². The topological polar surface area (TPSA) is 237 Å². The van der Waals surface area contributed by atoms with Crippen LogP contribution in [0.1, 0.15) is 420 Å². The summed E-state index contributed by atoms with van der Waals surface area (Å²) in [5.74, 6) is -1.35. The van der Waals surface area contributed by atoms with Crippen molar-refractivity contribution in [3.8, 4) is 0 Å². The number of aliphatic hydroxyl groups is 1. The molecule has 0 saturated heterocycles. The molecule has 582 valence electrons. The minimum Gasteiger partial charge on any atom is -0.462 e. The van der Waals surface area contributed by atoms with Gasteiger partial charge in [-0.2, -0.15) is 0 Å². The van der Waals surface area contributed by atoms with Crippen LogP contribution in [0, 0.1) is 5.92 Å². The molecule has 0 radical (unpaired) electrons. The highest BCUT2D eigenvalue weighted by Gasteiger charge is 2.30. The number of esters is 4. The van der Waals surface area contributed by atoms with Crippen molar-refractivity contribution < 1.29 is 80.2 Å². The van der Waals surface area contributed by atoms with Crippen LogP contribution in [-0.4, -0.2) is 96.7 Å². The number of aliphatic hydroxyl groups excluding tert-OH is 1. The number of carbonyl (C=O) groups is 4. The summed E-state index contributed by atoms with van der Waals surface area (Å²) < 4.78 is 68.5. The van der Waals surface area contributed by atoms with Crippen LogP contribution in [0.2, 0.25) is 0 Å². The average Bonchev–Trinajstić information content (AvgIpc) is 0.957. The van der Waals surface area contributed by atoms with Crippen LogP contribution < -0.4 is 0 Å². The lowest BCUT2D eigenvalue weighted by molar-refractivity contribution is -0.161. The van der Waals surface area contributed by atoms with Gasteiger partial charge in [0.15, 0.2) is 12.2 Å². The molecule has 98 heavy (non-hydrogen) atoms. The number of rotatable bonds is 79. The van der Waals surface area contributed by atoms with E-state index in [-0.39, 0.29) is 25.7 Å². The molecule has 0 saturated carbocycles. The monoisotopic (exact) mass is 1440 g/mol. The lowest BCUT2D eigenvalue weighted by atomic mass is 9.99. The fourth-order valence-electron chi connectivity index (χ4n) is 12.2. The van der Waals surface area contributed by atoms with Crippen LogP contribution in [0.25, 0.3) is 0 Å². The van der Waals surface area contributed by atoms with Gasteiger partial charge in [-0.1, -0.05) is 369 Å². The Bertz CT molecular complexity index is 1880. The predicted octanol–water partition coefficient (Wildman–Crippen LogP) is 23.6. The molecule has 0 aliphatic rings. The quantitative estimate of drug-likeness (QED) is 0.0222. The summed E-state index contributed by atoms with van der Waals surface area (Å²) >= 11 is 0. The Hall–Kier alpha value is -1.94. The van der Waals surface area contributed by atoms with E-state index in [2.05, 4.69) is 34.6 Å². The van der Waals surface area contributed by atoms with E-state index in [1.807, 2.05) is 0 Å². The van der Waals surface area contributed by atoms with Gasteiger partial charge >= 0.3 is 39.5 Å². The van der Waals surface area contributed by atoms with Gasteiger partial charge in [-0.25, -0.2) is 9.13 Å². The van der Waals surface area contributed by atoms with E-state index in [4.69, 9.17) is 37.0 Å². The summed E-state index contributed by atoms with van der Waals surface area (Å²) in [6.45, 7) is 7.26. The summed E-state index contributed by atoms with van der Waals surface area (Å²) in [6, 6.07) is 0. The third kappa shape index (κ3) is 71.1. The molecule has 19 heteroatoms. The highest BCUT2D eigenvalue weighted by atomic mass is 31.2. The van der Waals surface area contributed by atoms with Crippen LogP contribution in [0.4, 0.5) is 0 Å². The fourth-order valence-corrected chi connectivity index (χ4v) is 13.8. The highest BCUT2D eigenvalue weighted by molar-refractivity contribution is 7.47. The van der Waals surface area contributed by atoms with Crippen LogP contribution in [-0.2, 0) is 65.4 Å². The first-order valence-electron chi connectivity index (χ1n) is 41.2. The summed E-state index contributed by atoms with van der Waals surface area (Å²) in [5.41, 5.74) is 0. The van der Waals surface area contributed by atoms with Gasteiger partial charge in [-0.05, 0) is 31.6 Å². The van der Waals surface area contributed by atoms with Gasteiger partial charge in [0, 0.05) is 25.7 Å². The van der Waals surface area contributed by atoms with E-state index in [0.717, 1.165) is 109 Å². The molecule has 0 amide bonds. The molecule has 0 aliphatic heterocycles. The number of unbranched alkanes of at least 4 members (excludes halogenated alkanes) is 50. The Labute approximate surface area is 600 Å². The van der Waals surface area contributed by atoms with Crippen molar-refractivity contribution in [1.82, 2.24) is 0 Å². The Morgan fingerprint density at radius 2 is 0.490 bits per heavy atom. The minimum atomic E-state index is -4.96. The number of ether oxygens (including phenoxy) is 4. The van der Waals surface area contributed by atoms with Gasteiger partial charge in [-0.15, -0.1) is 0 Å². The molecule has 3 unspecified atom stereocenters. The first kappa shape index (κ1) is 96.1. The lowest BCUT2D eigenvalue weighted by Crippen LogP contribution is -2.30. The second kappa shape index (κ2) is 72.0. The Morgan fingerprint density at radius 1 is 0.286 bits per heavy atom. The second-order valence-corrected chi connectivity index (χ2v) is 31.6. The predicted molar refractivity (Wildman–Crippen MR) is 400 cm³/mol. The van der Waals surface area contributed by atoms with E-state index < -0.39 is 97.5 Å². The molecule has 0 heterocycles. The molecule has 0 aromatic carbocycles. The third-order valence-electron chi connectivity index (χ3n) is 18.9. The van der Waals surface area contributed by atoms with Crippen molar-refractivity contribution in [1.29, 1.82) is 0 Å². The zero-order chi connectivity index (χ0) is 71.9. The molecule has 6 atom stereocenters. The van der Waals surface area contributed by atoms with E-state index >= 15 is 0 Å². The minimum absolute atomic E-state index is 0.105. The fraction of sp³-hybridized carbons (Fsp3) is 0.949. The number of hydrogen-bond donors (Lipinski definition) is 3. The van der Waals surface area contributed by atoms with E-state index in [0.29, 0.717) is 25.7 Å². The molecule has 0 fully saturated rings. The van der Waals surface area contributed by atoms with E-state index in [1.165, 1.54) is 231 Å². The van der Waals surface area contributed by atoms with Crippen molar-refractivity contribution in [2.45, 2.75) is 438 Å². The van der Waals surface area contributed by atoms with Gasteiger partial charge in [-0.3, -0.25) is 37.3 Å². The van der Waals surface area contributed by atoms with Crippen LogP contribution in [0.5, 0.6) is 0 Å². The lowest BCUT2D eigenvalue weighted by Gasteiger charge is -2.21. The second-order valence-electron chi connectivity index (χ2n) is 28.7. The largest absolute Gasteiger partial charge is 0.472 e. The molecular formula is C79H154O17P2. The van der Waals surface area contributed by atoms with Crippen LogP contribution >= 0.6 is 15.6 Å². The van der Waals surface area contributed by atoms with Gasteiger partial charge in [0.25, 0.3) is 0 Å². The van der Waals surface area contributed by atoms with Gasteiger partial charge in [0.2, 0.25) is 0 Å². The number of phosphoric acid groups is 2. The Morgan fingerprint density at radius 3 is 0.724 bits per heavy atom. The smallest absolute Gasteiger partial charge is 0.462 e. The summed E-state index contributed by atoms with van der Waals surface area (Å²) in [6.07, 6.45) is 62.7. The van der Waals surface area contributed by atoms with E-state index in [1.54, 1.807) is 0 Å². The summed E-state index contributed by atoms with van der Waals surface area (Å²) in [7, 11) is -9.91. The molecule has 0 rings (SSSR count). The molecule has 0 aliphatic carbocycles. The SMILES string of the molecule is CCCCCCCCCCCCCCCCCCCCCCCCC(=O)O[C@H](COC(=O)CCCCCCCCCCCCCCCCCCC)COP(=O)(O)OC[C@@H](O)COP(=O)(O)OC[C@@H](COC(=O)CCCCCCCCC)OC(=O)CCCCCCCCCCC(C)CC. The summed E-state index contributed by atoms with van der Waals surface area (Å²) in [4.78, 5) is 72.8. The molecular weight excluding hydrogens is 1280 g/mol. The first-order valence-corrected chi connectivity index (χ1v) is 44.2. The van der Waals surface area contributed by atoms with Crippen LogP contribution in [0.3, 0.4) is 0 Å². The van der Waals surface area contributed by atoms with Crippen molar-refractivity contribution >= 4 is 39.5 Å². The Kier molecular flexibility index (Phi) is 70.6. The molecule has 17 nitrogen and oxygen atoms in total. The third-order valence-corrected chi connectivity index (χ3v) is 20.8. The molecule has 0 bridgehead atoms. The van der Waals surface area contributed by atoms with Crippen molar-refractivity contribution in [2.75, 3.05) is 39.6 Å². The number of hydrogen-bond acceptors (Lipinski definition) is 15. The zero-order valence-corrected chi connectivity index (χ0v) is 65.7. The number of carbonyl (C=O) groups excluding carboxylic acids is 4. The number of phosphoric ester groups is 2. The normalized spacial score (nSPS) is 14.2. The first-order chi connectivity index (χ1) is 47.6. The van der Waals surface area contributed by atoms with Crippen molar-refractivity contribution in [2.24, 2.45) is 5.92 Å². The maximum atomic E-state index is 13.1. The molecule has 0 aromatic rings. The van der Waals surface area contributed by atoms with Crippen molar-refractivity contribution in [3.05, 3.63) is 0 Å². The molecule has 3 N–H and O–H groups in total. The van der Waals surface area contributed by atoms with Crippen molar-refractivity contribution in [3.63, 3.8) is 0 Å². The average molecular weight is 1440 g/mol.